The molecule has 4 rings (SSSR count). The Bertz CT molecular complexity index is 935. The Balaban J connectivity index is 1.53. The number of H-pyrrole nitrogens is 1. The van der Waals surface area contributed by atoms with Gasteiger partial charge in [-0.3, -0.25) is 4.79 Å². The van der Waals surface area contributed by atoms with Gasteiger partial charge in [0.1, 0.15) is 11.5 Å². The van der Waals surface area contributed by atoms with Crippen molar-refractivity contribution in [1.82, 2.24) is 10.3 Å². The summed E-state index contributed by atoms with van der Waals surface area (Å²) in [7, 11) is 3.15. The topological polar surface area (TPSA) is 63.4 Å². The van der Waals surface area contributed by atoms with Crippen molar-refractivity contribution in [3.63, 3.8) is 0 Å². The molecule has 2 N–H and O–H groups in total. The summed E-state index contributed by atoms with van der Waals surface area (Å²) in [6, 6.07) is 13.5. The Morgan fingerprint density at radius 1 is 1.12 bits per heavy atom. The van der Waals surface area contributed by atoms with Crippen molar-refractivity contribution in [3.05, 3.63) is 59.8 Å². The molecule has 2 aromatic carbocycles. The highest BCUT2D eigenvalue weighted by Gasteiger charge is 2.45. The highest BCUT2D eigenvalue weighted by Crippen LogP contribution is 2.50. The lowest BCUT2D eigenvalue weighted by atomic mass is 9.95. The second-order valence-corrected chi connectivity index (χ2v) is 6.81. The van der Waals surface area contributed by atoms with Gasteiger partial charge in [0.25, 0.3) is 5.91 Å². The van der Waals surface area contributed by atoms with Crippen molar-refractivity contribution in [2.24, 2.45) is 0 Å². The van der Waals surface area contributed by atoms with E-state index in [9.17, 15) is 4.79 Å². The Labute approximate surface area is 152 Å². The van der Waals surface area contributed by atoms with Crippen LogP contribution in [0.5, 0.6) is 11.5 Å². The van der Waals surface area contributed by atoms with Gasteiger partial charge in [-0.1, -0.05) is 18.2 Å². The van der Waals surface area contributed by atoms with Gasteiger partial charge in [0.15, 0.2) is 0 Å². The minimum Gasteiger partial charge on any atom is -0.497 e. The number of carbonyl (C=O) groups excluding carboxylic acids is 1. The molecule has 0 unspecified atom stereocenters. The molecule has 1 fully saturated rings. The Morgan fingerprint density at radius 2 is 1.81 bits per heavy atom. The van der Waals surface area contributed by atoms with Crippen LogP contribution in [0.4, 0.5) is 0 Å². The summed E-state index contributed by atoms with van der Waals surface area (Å²) in [6.45, 7) is 0.618. The van der Waals surface area contributed by atoms with Crippen molar-refractivity contribution >= 4 is 16.8 Å². The SMILES string of the molecule is COc1cc(OC)cc(C(=O)NCC2(c3c[nH]c4ccccc34)CC2)c1. The van der Waals surface area contributed by atoms with Crippen LogP contribution in [0, 0.1) is 0 Å². The first-order valence-corrected chi connectivity index (χ1v) is 8.73. The number of rotatable bonds is 6. The first kappa shape index (κ1) is 16.5. The number of methoxy groups -OCH3 is 2. The van der Waals surface area contributed by atoms with Gasteiger partial charge in [-0.15, -0.1) is 0 Å². The molecular weight excluding hydrogens is 328 g/mol. The van der Waals surface area contributed by atoms with Crippen LogP contribution in [0.25, 0.3) is 10.9 Å². The van der Waals surface area contributed by atoms with E-state index in [2.05, 4.69) is 34.7 Å². The summed E-state index contributed by atoms with van der Waals surface area (Å²) in [5.74, 6) is 1.09. The van der Waals surface area contributed by atoms with Gasteiger partial charge in [0.05, 0.1) is 14.2 Å². The van der Waals surface area contributed by atoms with Crippen molar-refractivity contribution in [2.45, 2.75) is 18.3 Å². The molecule has 0 aliphatic heterocycles. The van der Waals surface area contributed by atoms with E-state index < -0.39 is 0 Å². The van der Waals surface area contributed by atoms with Crippen LogP contribution in [0.15, 0.2) is 48.7 Å². The van der Waals surface area contributed by atoms with Crippen LogP contribution >= 0.6 is 0 Å². The molecule has 5 heteroatoms. The van der Waals surface area contributed by atoms with E-state index in [4.69, 9.17) is 9.47 Å². The quantitative estimate of drug-likeness (QED) is 0.713. The molecule has 1 aliphatic carbocycles. The average Bonchev–Trinajstić information content (AvgIpc) is 3.35. The standard InChI is InChI=1S/C21H22N2O3/c1-25-15-9-14(10-16(11-15)26-2)20(24)23-13-21(7-8-21)18-12-22-19-6-4-3-5-17(18)19/h3-6,9-12,22H,7-8,13H2,1-2H3,(H,23,24). The van der Waals surface area contributed by atoms with E-state index in [1.54, 1.807) is 32.4 Å². The van der Waals surface area contributed by atoms with E-state index in [1.807, 2.05) is 6.07 Å². The molecular formula is C21H22N2O3. The Kier molecular flexibility index (Phi) is 4.07. The summed E-state index contributed by atoms with van der Waals surface area (Å²) in [4.78, 5) is 16.0. The van der Waals surface area contributed by atoms with Crippen molar-refractivity contribution < 1.29 is 14.3 Å². The predicted molar refractivity (Wildman–Crippen MR) is 101 cm³/mol. The highest BCUT2D eigenvalue weighted by atomic mass is 16.5. The zero-order valence-electron chi connectivity index (χ0n) is 15.0. The zero-order valence-corrected chi connectivity index (χ0v) is 15.0. The van der Waals surface area contributed by atoms with E-state index in [-0.39, 0.29) is 11.3 Å². The Morgan fingerprint density at radius 3 is 2.46 bits per heavy atom. The second-order valence-electron chi connectivity index (χ2n) is 6.81. The number of nitrogens with one attached hydrogen (secondary N) is 2. The van der Waals surface area contributed by atoms with Crippen LogP contribution in [-0.4, -0.2) is 31.7 Å². The monoisotopic (exact) mass is 350 g/mol. The van der Waals surface area contributed by atoms with Crippen LogP contribution in [-0.2, 0) is 5.41 Å². The summed E-state index contributed by atoms with van der Waals surface area (Å²) in [5.41, 5.74) is 2.99. The largest absolute Gasteiger partial charge is 0.497 e. The van der Waals surface area contributed by atoms with Crippen LogP contribution < -0.4 is 14.8 Å². The maximum Gasteiger partial charge on any atom is 0.251 e. The number of hydrogen-bond acceptors (Lipinski definition) is 3. The molecule has 5 nitrogen and oxygen atoms in total. The molecule has 134 valence electrons. The van der Waals surface area contributed by atoms with Gasteiger partial charge in [0.2, 0.25) is 0 Å². The second kappa shape index (κ2) is 6.41. The molecule has 0 saturated heterocycles. The predicted octanol–water partition coefficient (Wildman–Crippen LogP) is 3.65. The smallest absolute Gasteiger partial charge is 0.251 e. The number of hydrogen-bond donors (Lipinski definition) is 2. The van der Waals surface area contributed by atoms with Crippen molar-refractivity contribution in [2.75, 3.05) is 20.8 Å². The third-order valence-corrected chi connectivity index (χ3v) is 5.22. The van der Waals surface area contributed by atoms with Gasteiger partial charge in [-0.05, 0) is 36.6 Å². The maximum atomic E-state index is 12.7. The molecule has 0 atom stereocenters. The minimum atomic E-state index is -0.117. The van der Waals surface area contributed by atoms with Crippen LogP contribution in [0.2, 0.25) is 0 Å². The number of amides is 1. The first-order valence-electron chi connectivity index (χ1n) is 8.73. The average molecular weight is 350 g/mol. The lowest BCUT2D eigenvalue weighted by Crippen LogP contribution is -2.32. The van der Waals surface area contributed by atoms with E-state index in [0.717, 1.165) is 18.4 Å². The Hall–Kier alpha value is -2.95. The number of para-hydroxylation sites is 1. The summed E-state index contributed by atoms with van der Waals surface area (Å²) in [5, 5.41) is 4.33. The van der Waals surface area contributed by atoms with E-state index in [1.165, 1.54) is 10.9 Å². The summed E-state index contributed by atoms with van der Waals surface area (Å²) in [6.07, 6.45) is 4.24. The lowest BCUT2D eigenvalue weighted by Gasteiger charge is -2.16. The van der Waals surface area contributed by atoms with Gasteiger partial charge >= 0.3 is 0 Å². The maximum absolute atomic E-state index is 12.7. The van der Waals surface area contributed by atoms with Gasteiger partial charge in [-0.25, -0.2) is 0 Å². The van der Waals surface area contributed by atoms with Crippen LogP contribution in [0.3, 0.4) is 0 Å². The number of benzene rings is 2. The summed E-state index contributed by atoms with van der Waals surface area (Å²) >= 11 is 0. The van der Waals surface area contributed by atoms with E-state index >= 15 is 0 Å². The van der Waals surface area contributed by atoms with Gasteiger partial charge in [-0.2, -0.15) is 0 Å². The molecule has 0 radical (unpaired) electrons. The number of aromatic amines is 1. The summed E-state index contributed by atoms with van der Waals surface area (Å²) < 4.78 is 10.5. The van der Waals surface area contributed by atoms with Gasteiger partial charge < -0.3 is 19.8 Å². The number of carbonyl (C=O) groups is 1. The van der Waals surface area contributed by atoms with Crippen molar-refractivity contribution in [1.29, 1.82) is 0 Å². The third-order valence-electron chi connectivity index (χ3n) is 5.22. The number of ether oxygens (including phenoxy) is 2. The molecule has 1 heterocycles. The molecule has 0 spiro atoms. The van der Waals surface area contributed by atoms with Crippen LogP contribution in [0.1, 0.15) is 28.8 Å². The molecule has 1 aromatic heterocycles. The fourth-order valence-electron chi connectivity index (χ4n) is 3.49. The zero-order chi connectivity index (χ0) is 18.1. The van der Waals surface area contributed by atoms with Crippen molar-refractivity contribution in [3.8, 4) is 11.5 Å². The minimum absolute atomic E-state index is 0.0260. The number of aromatic nitrogens is 1. The third kappa shape index (κ3) is 2.90. The van der Waals surface area contributed by atoms with E-state index in [0.29, 0.717) is 23.6 Å². The fraction of sp³-hybridized carbons (Fsp3) is 0.286. The molecule has 0 bridgehead atoms. The first-order chi connectivity index (χ1) is 12.6. The molecule has 3 aromatic rings. The normalized spacial score (nSPS) is 14.8. The fourth-order valence-corrected chi connectivity index (χ4v) is 3.49. The molecule has 1 saturated carbocycles. The highest BCUT2D eigenvalue weighted by molar-refractivity contribution is 5.95. The number of fused-ring (bicyclic) bond motifs is 1. The molecule has 26 heavy (non-hydrogen) atoms. The lowest BCUT2D eigenvalue weighted by molar-refractivity contribution is 0.0949. The molecule has 1 amide bonds. The molecule has 1 aliphatic rings. The van der Waals surface area contributed by atoms with Gasteiger partial charge in [0, 0.05) is 40.7 Å².